The minimum absolute atomic E-state index is 0.0566. The maximum atomic E-state index is 13.5. The van der Waals surface area contributed by atoms with Gasteiger partial charge in [-0.05, 0) is 43.2 Å². The molecule has 5 atom stereocenters. The molecule has 0 bridgehead atoms. The van der Waals surface area contributed by atoms with Gasteiger partial charge in [0.2, 0.25) is 23.6 Å². The summed E-state index contributed by atoms with van der Waals surface area (Å²) in [5.74, 6) is -5.40. The fourth-order valence-corrected chi connectivity index (χ4v) is 4.73. The highest BCUT2D eigenvalue weighted by molar-refractivity contribution is 5.95. The highest BCUT2D eigenvalue weighted by Gasteiger charge is 2.34. The first-order chi connectivity index (χ1) is 21.7. The van der Waals surface area contributed by atoms with Crippen LogP contribution in [0.15, 0.2) is 35.4 Å². The Kier molecular flexibility index (Phi) is 17.5. The van der Waals surface area contributed by atoms with Crippen LogP contribution in [0.1, 0.15) is 79.6 Å². The van der Waals surface area contributed by atoms with Crippen molar-refractivity contribution in [2.24, 2.45) is 40.2 Å². The van der Waals surface area contributed by atoms with E-state index in [0.29, 0.717) is 12.1 Å². The third kappa shape index (κ3) is 14.9. The maximum absolute atomic E-state index is 13.5. The number of primary amides is 2. The predicted molar refractivity (Wildman–Crippen MR) is 174 cm³/mol. The van der Waals surface area contributed by atoms with E-state index in [1.165, 1.54) is 13.1 Å². The number of hydrogen-bond acceptors (Lipinski definition) is 8. The van der Waals surface area contributed by atoms with Crippen molar-refractivity contribution in [1.82, 2.24) is 16.1 Å². The molecule has 0 heterocycles. The van der Waals surface area contributed by atoms with Crippen LogP contribution in [0.25, 0.3) is 0 Å². The summed E-state index contributed by atoms with van der Waals surface area (Å²) in [6.07, 6.45) is 1.51. The van der Waals surface area contributed by atoms with Gasteiger partial charge in [-0.3, -0.25) is 28.8 Å². The molecule has 14 nitrogen and oxygen atoms in total. The molecule has 0 fully saturated rings. The number of rotatable bonds is 21. The first kappa shape index (κ1) is 39.4. The fraction of sp³-hybridized carbons (Fsp3) is 0.562. The summed E-state index contributed by atoms with van der Waals surface area (Å²) >= 11 is 0. The second-order valence-corrected chi connectivity index (χ2v) is 11.7. The minimum atomic E-state index is -1.02. The second kappa shape index (κ2) is 20.4. The molecule has 0 saturated carbocycles. The van der Waals surface area contributed by atoms with E-state index in [-0.39, 0.29) is 56.1 Å². The zero-order valence-corrected chi connectivity index (χ0v) is 27.3. The van der Waals surface area contributed by atoms with Crippen molar-refractivity contribution >= 4 is 53.1 Å². The third-order valence-electron chi connectivity index (χ3n) is 7.65. The van der Waals surface area contributed by atoms with E-state index in [4.69, 9.17) is 11.5 Å². The summed E-state index contributed by atoms with van der Waals surface area (Å²) in [6, 6.07) is 6.25. The molecular weight excluding hydrogens is 594 g/mol. The number of Topliss-reactive ketones (excluding diaryl/α,β-unsaturated/α-hetero) is 2. The van der Waals surface area contributed by atoms with Crippen LogP contribution in [0.2, 0.25) is 0 Å². The lowest BCUT2D eigenvalue weighted by Gasteiger charge is -2.28. The molecule has 1 aromatic rings. The van der Waals surface area contributed by atoms with Gasteiger partial charge in [-0.25, -0.2) is 10.2 Å². The smallest absolute Gasteiger partial charge is 0.339 e. The fourth-order valence-electron chi connectivity index (χ4n) is 4.73. The number of para-hydroxylation sites is 1. The van der Waals surface area contributed by atoms with Crippen LogP contribution < -0.4 is 32.8 Å². The molecule has 254 valence electrons. The number of urea groups is 1. The van der Waals surface area contributed by atoms with Gasteiger partial charge in [-0.1, -0.05) is 52.3 Å². The third-order valence-corrected chi connectivity index (χ3v) is 7.65. The molecule has 1 unspecified atom stereocenters. The van der Waals surface area contributed by atoms with E-state index in [1.54, 1.807) is 45.0 Å². The van der Waals surface area contributed by atoms with Crippen LogP contribution in [0.4, 0.5) is 10.5 Å². The summed E-state index contributed by atoms with van der Waals surface area (Å²) < 4.78 is 0. The maximum Gasteiger partial charge on any atom is 0.339 e. The number of carbonyl (C=O) groups excluding carboxylic acids is 7. The Hall–Kier alpha value is -4.62. The molecule has 6 amide bonds. The van der Waals surface area contributed by atoms with Crippen LogP contribution in [0.3, 0.4) is 0 Å². The predicted octanol–water partition coefficient (Wildman–Crippen LogP) is 2.17. The lowest BCUT2D eigenvalue weighted by atomic mass is 9.84. The normalized spacial score (nSPS) is 14.4. The molecule has 14 heteroatoms. The number of nitrogens with two attached hydrogens (primary N) is 2. The topological polar surface area (TPSA) is 232 Å². The lowest BCUT2D eigenvalue weighted by molar-refractivity contribution is -0.135. The summed E-state index contributed by atoms with van der Waals surface area (Å²) in [6.45, 7) is 8.45. The van der Waals surface area contributed by atoms with Crippen LogP contribution in [-0.2, 0) is 28.8 Å². The minimum Gasteiger partial charge on any atom is -0.370 e. The highest BCUT2D eigenvalue weighted by Crippen LogP contribution is 2.21. The van der Waals surface area contributed by atoms with Gasteiger partial charge in [0.25, 0.3) is 0 Å². The zero-order chi connectivity index (χ0) is 34.8. The van der Waals surface area contributed by atoms with E-state index < -0.39 is 59.4 Å². The molecule has 0 aliphatic carbocycles. The Bertz CT molecular complexity index is 1240. The Labute approximate surface area is 270 Å². The van der Waals surface area contributed by atoms with Crippen molar-refractivity contribution in [3.63, 3.8) is 0 Å². The molecule has 0 aliphatic heterocycles. The number of hydrazone groups is 1. The van der Waals surface area contributed by atoms with E-state index >= 15 is 0 Å². The van der Waals surface area contributed by atoms with Crippen LogP contribution in [0.5, 0.6) is 0 Å². The molecule has 0 aromatic heterocycles. The Balaban J connectivity index is 2.99. The van der Waals surface area contributed by atoms with E-state index in [2.05, 4.69) is 26.5 Å². The van der Waals surface area contributed by atoms with Crippen molar-refractivity contribution in [2.75, 3.05) is 5.32 Å². The average Bonchev–Trinajstić information content (AvgIpc) is 2.98. The molecule has 8 N–H and O–H groups in total. The molecular formula is C32H49N7O7. The van der Waals surface area contributed by atoms with Gasteiger partial charge >= 0.3 is 6.03 Å². The largest absolute Gasteiger partial charge is 0.370 e. The van der Waals surface area contributed by atoms with E-state index in [0.717, 1.165) is 0 Å². The SMILES string of the molecule is CCC(C)[C@H](NC(=O)[C@H](CCC(N)=O)CC(=O)[C@H](CC/C=N\NC(=O)Nc1ccccc1)NC(C)=O)C(=O)C[C@H](C(N)=O)C(C)C. The van der Waals surface area contributed by atoms with Crippen molar-refractivity contribution in [1.29, 1.82) is 0 Å². The van der Waals surface area contributed by atoms with Crippen molar-refractivity contribution in [3.05, 3.63) is 30.3 Å². The zero-order valence-electron chi connectivity index (χ0n) is 27.3. The number of carbonyl (C=O) groups is 7. The molecule has 46 heavy (non-hydrogen) atoms. The average molecular weight is 644 g/mol. The van der Waals surface area contributed by atoms with Crippen LogP contribution in [-0.4, -0.2) is 59.5 Å². The van der Waals surface area contributed by atoms with Gasteiger partial charge < -0.3 is 27.4 Å². The highest BCUT2D eigenvalue weighted by atomic mass is 16.2. The van der Waals surface area contributed by atoms with Gasteiger partial charge in [-0.15, -0.1) is 0 Å². The summed E-state index contributed by atoms with van der Waals surface area (Å²) in [4.78, 5) is 87.5. The van der Waals surface area contributed by atoms with Crippen molar-refractivity contribution in [3.8, 4) is 0 Å². The second-order valence-electron chi connectivity index (χ2n) is 11.7. The van der Waals surface area contributed by atoms with Gasteiger partial charge in [-0.2, -0.15) is 5.10 Å². The lowest BCUT2D eigenvalue weighted by Crippen LogP contribution is -2.49. The Morgan fingerprint density at radius 3 is 2.09 bits per heavy atom. The summed E-state index contributed by atoms with van der Waals surface area (Å²) in [5, 5.41) is 11.8. The first-order valence-electron chi connectivity index (χ1n) is 15.5. The van der Waals surface area contributed by atoms with E-state index in [9.17, 15) is 33.6 Å². The monoisotopic (exact) mass is 643 g/mol. The number of ketones is 2. The standard InChI is InChI=1S/C32H49N7O7/c1-6-20(4)29(27(42)18-24(19(2)3)30(34)44)38-31(45)22(14-15-28(33)43)17-26(41)25(36-21(5)40)13-10-16-35-39-32(46)37-23-11-8-7-9-12-23/h7-9,11-12,16,19-20,22,24-25,29H,6,10,13-15,17-18H2,1-5H3,(H2,33,43)(H2,34,44)(H,36,40)(H,38,45)(H2,37,39,46)/b35-16-/t20?,22-,24+,25+,29+/m1/s1. The number of amides is 6. The number of hydrogen-bond donors (Lipinski definition) is 6. The van der Waals surface area contributed by atoms with Gasteiger partial charge in [0.1, 0.15) is 0 Å². The van der Waals surface area contributed by atoms with E-state index in [1.807, 2.05) is 13.0 Å². The molecule has 0 radical (unpaired) electrons. The summed E-state index contributed by atoms with van der Waals surface area (Å²) in [5.41, 5.74) is 13.7. The van der Waals surface area contributed by atoms with Gasteiger partial charge in [0, 0.05) is 49.9 Å². The first-order valence-corrected chi connectivity index (χ1v) is 15.5. The Morgan fingerprint density at radius 2 is 1.54 bits per heavy atom. The Morgan fingerprint density at radius 1 is 0.891 bits per heavy atom. The van der Waals surface area contributed by atoms with Gasteiger partial charge in [0.05, 0.1) is 12.1 Å². The number of nitrogens with zero attached hydrogens (tertiary/aromatic N) is 1. The molecule has 1 aromatic carbocycles. The molecule has 0 aliphatic rings. The number of anilines is 1. The van der Waals surface area contributed by atoms with Crippen molar-refractivity contribution < 1.29 is 33.6 Å². The van der Waals surface area contributed by atoms with Crippen LogP contribution >= 0.6 is 0 Å². The summed E-state index contributed by atoms with van der Waals surface area (Å²) in [7, 11) is 0. The molecule has 0 spiro atoms. The number of nitrogens with one attached hydrogen (secondary N) is 4. The number of benzene rings is 1. The quantitative estimate of drug-likeness (QED) is 0.0862. The molecule has 1 rings (SSSR count). The van der Waals surface area contributed by atoms with Crippen molar-refractivity contribution in [2.45, 2.75) is 91.6 Å². The van der Waals surface area contributed by atoms with Gasteiger partial charge in [0.15, 0.2) is 11.6 Å². The molecule has 0 saturated heterocycles. The van der Waals surface area contributed by atoms with Crippen LogP contribution in [0, 0.1) is 23.7 Å².